The number of fused-ring (bicyclic) bond motifs is 1. The molecule has 20 heavy (non-hydrogen) atoms. The van der Waals surface area contributed by atoms with Crippen LogP contribution in [0.3, 0.4) is 0 Å². The molecule has 0 aliphatic heterocycles. The number of furan rings is 1. The molecule has 0 saturated heterocycles. The standard InChI is InChI=1S/C15H18N4O/c1-10-4-5-13-11(6-10)7-14(20-13)12(16-2)8-15-17-9-18-19(15)3/h4-7,9,12,16H,8H2,1-3H3. The number of rotatable bonds is 4. The second-order valence-corrected chi connectivity index (χ2v) is 5.04. The normalized spacial score (nSPS) is 12.9. The molecular formula is C15H18N4O. The lowest BCUT2D eigenvalue weighted by Crippen LogP contribution is -2.20. The average Bonchev–Trinajstić information content (AvgIpc) is 3.01. The molecule has 104 valence electrons. The Balaban J connectivity index is 1.92. The van der Waals surface area contributed by atoms with Crippen molar-refractivity contribution in [3.63, 3.8) is 0 Å². The average molecular weight is 270 g/mol. The summed E-state index contributed by atoms with van der Waals surface area (Å²) < 4.78 is 7.73. The summed E-state index contributed by atoms with van der Waals surface area (Å²) in [5.74, 6) is 1.86. The molecule has 0 fully saturated rings. The van der Waals surface area contributed by atoms with Crippen LogP contribution in [0.15, 0.2) is 35.0 Å². The van der Waals surface area contributed by atoms with Crippen LogP contribution in [0.1, 0.15) is 23.2 Å². The summed E-state index contributed by atoms with van der Waals surface area (Å²) in [6.45, 7) is 2.08. The molecule has 1 N–H and O–H groups in total. The number of nitrogens with one attached hydrogen (secondary N) is 1. The minimum absolute atomic E-state index is 0.0885. The van der Waals surface area contributed by atoms with Crippen LogP contribution >= 0.6 is 0 Å². The van der Waals surface area contributed by atoms with Gasteiger partial charge in [-0.15, -0.1) is 0 Å². The Kier molecular flexibility index (Phi) is 3.28. The van der Waals surface area contributed by atoms with Crippen molar-refractivity contribution in [2.75, 3.05) is 7.05 Å². The predicted octanol–water partition coefficient (Wildman–Crippen LogP) is 2.37. The van der Waals surface area contributed by atoms with Crippen molar-refractivity contribution in [3.8, 4) is 0 Å². The van der Waals surface area contributed by atoms with Crippen molar-refractivity contribution in [1.29, 1.82) is 0 Å². The third-order valence-electron chi connectivity index (χ3n) is 3.57. The first-order chi connectivity index (χ1) is 9.67. The smallest absolute Gasteiger partial charge is 0.138 e. The molecule has 0 spiro atoms. The second kappa shape index (κ2) is 5.09. The maximum atomic E-state index is 5.94. The van der Waals surface area contributed by atoms with Crippen LogP contribution < -0.4 is 5.32 Å². The molecular weight excluding hydrogens is 252 g/mol. The zero-order valence-corrected chi connectivity index (χ0v) is 11.9. The summed E-state index contributed by atoms with van der Waals surface area (Å²) in [6, 6.07) is 8.40. The fourth-order valence-electron chi connectivity index (χ4n) is 2.39. The van der Waals surface area contributed by atoms with Crippen molar-refractivity contribution in [2.24, 2.45) is 7.05 Å². The minimum Gasteiger partial charge on any atom is -0.459 e. The first-order valence-corrected chi connectivity index (χ1v) is 6.67. The first kappa shape index (κ1) is 12.9. The van der Waals surface area contributed by atoms with Gasteiger partial charge >= 0.3 is 0 Å². The van der Waals surface area contributed by atoms with E-state index in [1.807, 2.05) is 20.2 Å². The summed E-state index contributed by atoms with van der Waals surface area (Å²) in [5.41, 5.74) is 2.16. The second-order valence-electron chi connectivity index (χ2n) is 5.04. The van der Waals surface area contributed by atoms with E-state index in [1.54, 1.807) is 11.0 Å². The molecule has 0 radical (unpaired) electrons. The van der Waals surface area contributed by atoms with Gasteiger partial charge in [-0.25, -0.2) is 4.98 Å². The van der Waals surface area contributed by atoms with Gasteiger partial charge in [0.25, 0.3) is 0 Å². The van der Waals surface area contributed by atoms with Crippen molar-refractivity contribution in [3.05, 3.63) is 47.7 Å². The molecule has 0 bridgehead atoms. The van der Waals surface area contributed by atoms with E-state index in [4.69, 9.17) is 4.42 Å². The molecule has 3 aromatic rings. The predicted molar refractivity (Wildman–Crippen MR) is 77.5 cm³/mol. The van der Waals surface area contributed by atoms with Gasteiger partial charge in [0, 0.05) is 18.9 Å². The van der Waals surface area contributed by atoms with Crippen LogP contribution in [-0.2, 0) is 13.5 Å². The SMILES string of the molecule is CNC(Cc1ncnn1C)c1cc2cc(C)ccc2o1. The Morgan fingerprint density at radius 2 is 2.20 bits per heavy atom. The molecule has 0 amide bonds. The van der Waals surface area contributed by atoms with E-state index in [0.717, 1.165) is 29.0 Å². The highest BCUT2D eigenvalue weighted by Crippen LogP contribution is 2.26. The number of nitrogens with zero attached hydrogens (tertiary/aromatic N) is 3. The summed E-state index contributed by atoms with van der Waals surface area (Å²) in [7, 11) is 3.83. The zero-order chi connectivity index (χ0) is 14.1. The van der Waals surface area contributed by atoms with E-state index < -0.39 is 0 Å². The van der Waals surface area contributed by atoms with Crippen LogP contribution in [0.4, 0.5) is 0 Å². The topological polar surface area (TPSA) is 55.9 Å². The highest BCUT2D eigenvalue weighted by atomic mass is 16.3. The molecule has 2 heterocycles. The van der Waals surface area contributed by atoms with Crippen molar-refractivity contribution < 1.29 is 4.42 Å². The largest absolute Gasteiger partial charge is 0.459 e. The highest BCUT2D eigenvalue weighted by Gasteiger charge is 2.17. The molecule has 5 nitrogen and oxygen atoms in total. The molecule has 5 heteroatoms. The number of likely N-dealkylation sites (N-methyl/N-ethyl adjacent to an activating group) is 1. The molecule has 3 rings (SSSR count). The van der Waals surface area contributed by atoms with Crippen molar-refractivity contribution >= 4 is 11.0 Å². The Hall–Kier alpha value is -2.14. The summed E-state index contributed by atoms with van der Waals surface area (Å²) in [4.78, 5) is 4.27. The molecule has 0 saturated carbocycles. The maximum absolute atomic E-state index is 5.94. The molecule has 1 atom stereocenters. The van der Waals surface area contributed by atoms with Crippen LogP contribution in [0.5, 0.6) is 0 Å². The van der Waals surface area contributed by atoms with E-state index in [9.17, 15) is 0 Å². The molecule has 0 aliphatic carbocycles. The molecule has 1 unspecified atom stereocenters. The van der Waals surface area contributed by atoms with Gasteiger partial charge in [-0.1, -0.05) is 11.6 Å². The molecule has 2 aromatic heterocycles. The number of hydrogen-bond acceptors (Lipinski definition) is 4. The van der Waals surface area contributed by atoms with Crippen LogP contribution in [-0.4, -0.2) is 21.8 Å². The summed E-state index contributed by atoms with van der Waals surface area (Å²) in [6.07, 6.45) is 2.32. The van der Waals surface area contributed by atoms with Crippen molar-refractivity contribution in [1.82, 2.24) is 20.1 Å². The quantitative estimate of drug-likeness (QED) is 0.790. The third-order valence-corrected chi connectivity index (χ3v) is 3.57. The number of aryl methyl sites for hydroxylation is 2. The van der Waals surface area contributed by atoms with Gasteiger partial charge in [-0.2, -0.15) is 5.10 Å². The fraction of sp³-hybridized carbons (Fsp3) is 0.333. The summed E-state index contributed by atoms with van der Waals surface area (Å²) >= 11 is 0. The first-order valence-electron chi connectivity index (χ1n) is 6.67. The number of hydrogen-bond donors (Lipinski definition) is 1. The number of aromatic nitrogens is 3. The third kappa shape index (κ3) is 2.32. The molecule has 0 aliphatic rings. The van der Waals surface area contributed by atoms with Gasteiger partial charge in [-0.3, -0.25) is 4.68 Å². The van der Waals surface area contributed by atoms with Gasteiger partial charge in [0.2, 0.25) is 0 Å². The van der Waals surface area contributed by atoms with E-state index in [1.165, 1.54) is 5.56 Å². The Morgan fingerprint density at radius 3 is 2.90 bits per heavy atom. The lowest BCUT2D eigenvalue weighted by molar-refractivity contribution is 0.440. The zero-order valence-electron chi connectivity index (χ0n) is 11.9. The van der Waals surface area contributed by atoms with Crippen LogP contribution in [0, 0.1) is 6.92 Å². The Labute approximate surface area is 117 Å². The lowest BCUT2D eigenvalue weighted by Gasteiger charge is -2.12. The van der Waals surface area contributed by atoms with E-state index >= 15 is 0 Å². The van der Waals surface area contributed by atoms with Gasteiger partial charge in [-0.05, 0) is 32.2 Å². The van der Waals surface area contributed by atoms with E-state index in [0.29, 0.717) is 0 Å². The lowest BCUT2D eigenvalue weighted by atomic mass is 10.1. The van der Waals surface area contributed by atoms with Gasteiger partial charge in [0.15, 0.2) is 0 Å². The maximum Gasteiger partial charge on any atom is 0.138 e. The van der Waals surface area contributed by atoms with E-state index in [-0.39, 0.29) is 6.04 Å². The number of benzene rings is 1. The van der Waals surface area contributed by atoms with Crippen molar-refractivity contribution in [2.45, 2.75) is 19.4 Å². The van der Waals surface area contributed by atoms with Crippen LogP contribution in [0.25, 0.3) is 11.0 Å². The minimum atomic E-state index is 0.0885. The van der Waals surface area contributed by atoms with Gasteiger partial charge in [0.1, 0.15) is 23.5 Å². The van der Waals surface area contributed by atoms with Gasteiger partial charge in [0.05, 0.1) is 6.04 Å². The summed E-state index contributed by atoms with van der Waals surface area (Å²) in [5, 5.41) is 8.52. The van der Waals surface area contributed by atoms with Gasteiger partial charge < -0.3 is 9.73 Å². The monoisotopic (exact) mass is 270 g/mol. The van der Waals surface area contributed by atoms with E-state index in [2.05, 4.69) is 40.5 Å². The highest BCUT2D eigenvalue weighted by molar-refractivity contribution is 5.78. The Morgan fingerprint density at radius 1 is 1.35 bits per heavy atom. The fourth-order valence-corrected chi connectivity index (χ4v) is 2.39. The Bertz CT molecular complexity index is 728. The molecule has 1 aromatic carbocycles. The van der Waals surface area contributed by atoms with Crippen LogP contribution in [0.2, 0.25) is 0 Å².